The van der Waals surface area contributed by atoms with Gasteiger partial charge >= 0.3 is 0 Å². The highest BCUT2D eigenvalue weighted by Gasteiger charge is 2.29. The van der Waals surface area contributed by atoms with E-state index in [-0.39, 0.29) is 17.1 Å². The SMILES string of the molecule is COc1ccc(OC)c(N(CC(=O)NCC2=CCCCC2)S(=O)(=O)c2ccccc2)c1. The van der Waals surface area contributed by atoms with Gasteiger partial charge in [0.1, 0.15) is 18.0 Å². The van der Waals surface area contributed by atoms with Gasteiger partial charge < -0.3 is 14.8 Å². The van der Waals surface area contributed by atoms with Crippen molar-refractivity contribution in [3.8, 4) is 11.5 Å². The van der Waals surface area contributed by atoms with Crippen LogP contribution in [0.2, 0.25) is 0 Å². The van der Waals surface area contributed by atoms with Crippen LogP contribution in [-0.4, -0.2) is 41.6 Å². The van der Waals surface area contributed by atoms with Crippen LogP contribution < -0.4 is 19.1 Å². The van der Waals surface area contributed by atoms with Crippen LogP contribution in [0.25, 0.3) is 0 Å². The molecule has 0 fully saturated rings. The predicted molar refractivity (Wildman–Crippen MR) is 120 cm³/mol. The van der Waals surface area contributed by atoms with Crippen LogP contribution in [0.1, 0.15) is 25.7 Å². The minimum absolute atomic E-state index is 0.0858. The second-order valence-electron chi connectivity index (χ2n) is 7.25. The first kappa shape index (κ1) is 22.7. The number of carbonyl (C=O) groups excluding carboxylic acids is 1. The number of benzene rings is 2. The summed E-state index contributed by atoms with van der Waals surface area (Å²) in [6.07, 6.45) is 6.39. The van der Waals surface area contributed by atoms with Crippen LogP contribution in [0.15, 0.2) is 65.1 Å². The molecule has 0 spiro atoms. The standard InChI is InChI=1S/C23H28N2O5S/c1-29-19-13-14-22(30-2)21(15-19)25(31(27,28)20-11-7-4-8-12-20)17-23(26)24-16-18-9-5-3-6-10-18/h4,7-9,11-15H,3,5-6,10,16-17H2,1-2H3,(H,24,26). The zero-order chi connectivity index (χ0) is 22.3. The van der Waals surface area contributed by atoms with E-state index in [1.54, 1.807) is 36.4 Å². The molecule has 8 heteroatoms. The number of hydrogen-bond donors (Lipinski definition) is 1. The highest BCUT2D eigenvalue weighted by atomic mass is 32.2. The summed E-state index contributed by atoms with van der Waals surface area (Å²) in [5.74, 6) is 0.385. The zero-order valence-corrected chi connectivity index (χ0v) is 18.7. The summed E-state index contributed by atoms with van der Waals surface area (Å²) in [4.78, 5) is 12.9. The van der Waals surface area contributed by atoms with Crippen molar-refractivity contribution in [2.45, 2.75) is 30.6 Å². The minimum atomic E-state index is -4.03. The van der Waals surface area contributed by atoms with Crippen molar-refractivity contribution in [3.05, 3.63) is 60.2 Å². The Balaban J connectivity index is 1.93. The Morgan fingerprint density at radius 3 is 2.48 bits per heavy atom. The Bertz CT molecular complexity index is 1040. The van der Waals surface area contributed by atoms with Gasteiger partial charge in [0.05, 0.1) is 24.8 Å². The summed E-state index contributed by atoms with van der Waals surface area (Å²) in [6, 6.07) is 12.9. The second kappa shape index (κ2) is 10.3. The number of nitrogens with zero attached hydrogens (tertiary/aromatic N) is 1. The van der Waals surface area contributed by atoms with Gasteiger partial charge in [-0.3, -0.25) is 9.10 Å². The second-order valence-corrected chi connectivity index (χ2v) is 9.11. The van der Waals surface area contributed by atoms with Crippen LogP contribution in [0, 0.1) is 0 Å². The molecule has 31 heavy (non-hydrogen) atoms. The number of anilines is 1. The van der Waals surface area contributed by atoms with Gasteiger partial charge in [-0.25, -0.2) is 8.42 Å². The number of ether oxygens (including phenoxy) is 2. The Morgan fingerprint density at radius 1 is 1.06 bits per heavy atom. The molecule has 2 aromatic carbocycles. The molecule has 7 nitrogen and oxygen atoms in total. The van der Waals surface area contributed by atoms with Crippen molar-refractivity contribution in [1.82, 2.24) is 5.32 Å². The Morgan fingerprint density at radius 2 is 1.84 bits per heavy atom. The van der Waals surface area contributed by atoms with Gasteiger partial charge in [-0.05, 0) is 49.9 Å². The molecule has 0 heterocycles. The molecule has 3 rings (SSSR count). The number of allylic oxidation sites excluding steroid dienone is 1. The molecule has 0 saturated heterocycles. The number of carbonyl (C=O) groups is 1. The number of nitrogens with one attached hydrogen (secondary N) is 1. The van der Waals surface area contributed by atoms with Gasteiger partial charge in [0.15, 0.2) is 0 Å². The normalized spacial score (nSPS) is 13.8. The van der Waals surface area contributed by atoms with Crippen molar-refractivity contribution in [2.24, 2.45) is 0 Å². The molecule has 1 aliphatic carbocycles. The maximum atomic E-state index is 13.5. The summed E-state index contributed by atoms with van der Waals surface area (Å²) in [7, 11) is -1.08. The van der Waals surface area contributed by atoms with Crippen LogP contribution in [0.4, 0.5) is 5.69 Å². The lowest BCUT2D eigenvalue weighted by molar-refractivity contribution is -0.119. The Hall–Kier alpha value is -3.00. The third-order valence-corrected chi connectivity index (χ3v) is 6.94. The molecule has 166 valence electrons. The smallest absolute Gasteiger partial charge is 0.264 e. The summed E-state index contributed by atoms with van der Waals surface area (Å²) in [5.41, 5.74) is 1.41. The average Bonchev–Trinajstić information content (AvgIpc) is 2.82. The maximum absolute atomic E-state index is 13.5. The topological polar surface area (TPSA) is 84.9 Å². The van der Waals surface area contributed by atoms with E-state index in [0.29, 0.717) is 18.0 Å². The summed E-state index contributed by atoms with van der Waals surface area (Å²) < 4.78 is 38.7. The molecule has 0 unspecified atom stereocenters. The Labute approximate surface area is 183 Å². The van der Waals surface area contributed by atoms with Crippen molar-refractivity contribution in [1.29, 1.82) is 0 Å². The van der Waals surface area contributed by atoms with E-state index < -0.39 is 15.9 Å². The first-order chi connectivity index (χ1) is 15.0. The van der Waals surface area contributed by atoms with E-state index in [0.717, 1.165) is 30.0 Å². The largest absolute Gasteiger partial charge is 0.497 e. The van der Waals surface area contributed by atoms with Crippen molar-refractivity contribution < 1.29 is 22.7 Å². The molecule has 1 amide bonds. The fourth-order valence-corrected chi connectivity index (χ4v) is 4.92. The number of rotatable bonds is 9. The highest BCUT2D eigenvalue weighted by molar-refractivity contribution is 7.92. The first-order valence-corrected chi connectivity index (χ1v) is 11.6. The molecule has 0 saturated carbocycles. The van der Waals surface area contributed by atoms with Crippen LogP contribution in [0.5, 0.6) is 11.5 Å². The average molecular weight is 445 g/mol. The lowest BCUT2D eigenvalue weighted by atomic mass is 10.00. The molecule has 1 N–H and O–H groups in total. The van der Waals surface area contributed by atoms with Gasteiger partial charge in [-0.1, -0.05) is 29.8 Å². The van der Waals surface area contributed by atoms with E-state index in [9.17, 15) is 13.2 Å². The Kier molecular flexibility index (Phi) is 7.57. The monoisotopic (exact) mass is 444 g/mol. The van der Waals surface area contributed by atoms with Gasteiger partial charge in [-0.15, -0.1) is 0 Å². The maximum Gasteiger partial charge on any atom is 0.264 e. The molecular formula is C23H28N2O5S. The van der Waals surface area contributed by atoms with Gasteiger partial charge in [0.2, 0.25) is 5.91 Å². The summed E-state index contributed by atoms with van der Waals surface area (Å²) in [5, 5.41) is 2.86. The minimum Gasteiger partial charge on any atom is -0.497 e. The van der Waals surface area contributed by atoms with E-state index in [1.165, 1.54) is 31.9 Å². The summed E-state index contributed by atoms with van der Waals surface area (Å²) in [6.45, 7) is 0.0430. The number of sulfonamides is 1. The van der Waals surface area contributed by atoms with Gasteiger partial charge in [0.25, 0.3) is 10.0 Å². The summed E-state index contributed by atoms with van der Waals surface area (Å²) >= 11 is 0. The molecule has 0 bridgehead atoms. The lowest BCUT2D eigenvalue weighted by Gasteiger charge is -2.26. The molecule has 0 atom stereocenters. The van der Waals surface area contributed by atoms with Gasteiger partial charge in [0, 0.05) is 12.6 Å². The third kappa shape index (κ3) is 5.58. The molecule has 1 aliphatic rings. The van der Waals surface area contributed by atoms with Crippen molar-refractivity contribution >= 4 is 21.6 Å². The zero-order valence-electron chi connectivity index (χ0n) is 17.8. The molecular weight excluding hydrogens is 416 g/mol. The third-order valence-electron chi connectivity index (χ3n) is 5.17. The van der Waals surface area contributed by atoms with Crippen LogP contribution >= 0.6 is 0 Å². The van der Waals surface area contributed by atoms with E-state index in [2.05, 4.69) is 11.4 Å². The van der Waals surface area contributed by atoms with Gasteiger partial charge in [-0.2, -0.15) is 0 Å². The number of hydrogen-bond acceptors (Lipinski definition) is 5. The van der Waals surface area contributed by atoms with Crippen LogP contribution in [-0.2, 0) is 14.8 Å². The lowest BCUT2D eigenvalue weighted by Crippen LogP contribution is -2.41. The quantitative estimate of drug-likeness (QED) is 0.598. The van der Waals surface area contributed by atoms with E-state index in [4.69, 9.17) is 9.47 Å². The fourth-order valence-electron chi connectivity index (χ4n) is 3.47. The predicted octanol–water partition coefficient (Wildman–Crippen LogP) is 3.52. The van der Waals surface area contributed by atoms with Crippen LogP contribution in [0.3, 0.4) is 0 Å². The first-order valence-electron chi connectivity index (χ1n) is 10.2. The van der Waals surface area contributed by atoms with E-state index in [1.807, 2.05) is 0 Å². The molecule has 0 aromatic heterocycles. The van der Waals surface area contributed by atoms with Crippen molar-refractivity contribution in [3.63, 3.8) is 0 Å². The molecule has 2 aromatic rings. The number of amides is 1. The molecule has 0 aliphatic heterocycles. The molecule has 0 radical (unpaired) electrons. The highest BCUT2D eigenvalue weighted by Crippen LogP contribution is 2.35. The van der Waals surface area contributed by atoms with E-state index >= 15 is 0 Å². The number of methoxy groups -OCH3 is 2. The van der Waals surface area contributed by atoms with Crippen molar-refractivity contribution in [2.75, 3.05) is 31.6 Å². The fraction of sp³-hybridized carbons (Fsp3) is 0.348.